The molecule has 1 aromatic carbocycles. The van der Waals surface area contributed by atoms with Gasteiger partial charge in [0.15, 0.2) is 0 Å². The van der Waals surface area contributed by atoms with Crippen LogP contribution in [0.15, 0.2) is 22.7 Å². The van der Waals surface area contributed by atoms with Gasteiger partial charge in [0, 0.05) is 11.5 Å². The second kappa shape index (κ2) is 5.51. The van der Waals surface area contributed by atoms with E-state index in [4.69, 9.17) is 11.6 Å². The molecule has 0 spiro atoms. The van der Waals surface area contributed by atoms with Gasteiger partial charge < -0.3 is 9.88 Å². The third kappa shape index (κ3) is 2.62. The van der Waals surface area contributed by atoms with Crippen molar-refractivity contribution in [2.45, 2.75) is 25.3 Å². The Morgan fingerprint density at radius 3 is 2.74 bits per heavy atom. The number of rotatable bonds is 3. The lowest BCUT2D eigenvalue weighted by Gasteiger charge is -2.17. The van der Waals surface area contributed by atoms with Crippen molar-refractivity contribution in [2.24, 2.45) is 0 Å². The molecule has 1 amide bonds. The van der Waals surface area contributed by atoms with Crippen LogP contribution in [0.4, 0.5) is 0 Å². The molecule has 0 radical (unpaired) electrons. The maximum absolute atomic E-state index is 11.9. The summed E-state index contributed by atoms with van der Waals surface area (Å²) in [6.07, 6.45) is 0. The third-order valence-corrected chi connectivity index (χ3v) is 3.74. The Morgan fingerprint density at radius 2 is 2.16 bits per heavy atom. The van der Waals surface area contributed by atoms with Crippen LogP contribution in [0.5, 0.6) is 0 Å². The minimum absolute atomic E-state index is 0.0687. The maximum Gasteiger partial charge on any atom is 0.242 e. The first-order valence-electron chi connectivity index (χ1n) is 5.98. The van der Waals surface area contributed by atoms with Crippen molar-refractivity contribution in [3.63, 3.8) is 0 Å². The number of carbonyl (C=O) groups excluding carboxylic acids is 1. The van der Waals surface area contributed by atoms with E-state index in [9.17, 15) is 4.79 Å². The molecule has 1 N–H and O–H groups in total. The molecule has 0 aliphatic rings. The van der Waals surface area contributed by atoms with Gasteiger partial charge in [-0.25, -0.2) is 4.98 Å². The first-order valence-corrected chi connectivity index (χ1v) is 7.21. The summed E-state index contributed by atoms with van der Waals surface area (Å²) < 4.78 is 2.84. The van der Waals surface area contributed by atoms with Gasteiger partial charge in [0.2, 0.25) is 5.91 Å². The highest BCUT2D eigenvalue weighted by atomic mass is 79.9. The largest absolute Gasteiger partial charge is 0.357 e. The monoisotopic (exact) mass is 343 g/mol. The molecule has 0 aliphatic heterocycles. The molecule has 0 bridgehead atoms. The van der Waals surface area contributed by atoms with E-state index in [1.54, 1.807) is 7.05 Å². The lowest BCUT2D eigenvalue weighted by molar-refractivity contribution is -0.123. The number of fused-ring (bicyclic) bond motifs is 1. The molecule has 2 rings (SSSR count). The zero-order valence-electron chi connectivity index (χ0n) is 10.9. The van der Waals surface area contributed by atoms with Gasteiger partial charge in [-0.05, 0) is 32.0 Å². The van der Waals surface area contributed by atoms with E-state index in [1.165, 1.54) is 0 Å². The molecule has 2 aromatic rings. The second-order valence-corrected chi connectivity index (χ2v) is 5.95. The third-order valence-electron chi connectivity index (χ3n) is 3.05. The summed E-state index contributed by atoms with van der Waals surface area (Å²) >= 11 is 9.61. The highest BCUT2D eigenvalue weighted by molar-refractivity contribution is 9.10. The number of aromatic nitrogens is 2. The van der Waals surface area contributed by atoms with Crippen LogP contribution < -0.4 is 5.32 Å². The molecule has 2 unspecified atom stereocenters. The standard InChI is InChI=1S/C13H15BrClN3O/c1-7(15)12-17-10-6-9(14)4-5-11(10)18(12)8(2)13(19)16-3/h4-8H,1-3H3,(H,16,19). The van der Waals surface area contributed by atoms with Crippen LogP contribution in [-0.4, -0.2) is 22.5 Å². The van der Waals surface area contributed by atoms with Crippen LogP contribution in [0.1, 0.15) is 31.1 Å². The van der Waals surface area contributed by atoms with Gasteiger partial charge >= 0.3 is 0 Å². The van der Waals surface area contributed by atoms with Gasteiger partial charge in [-0.2, -0.15) is 0 Å². The summed E-state index contributed by atoms with van der Waals surface area (Å²) in [5, 5.41) is 2.39. The topological polar surface area (TPSA) is 46.9 Å². The van der Waals surface area contributed by atoms with E-state index in [0.717, 1.165) is 15.5 Å². The Hall–Kier alpha value is -1.07. The molecule has 6 heteroatoms. The zero-order valence-corrected chi connectivity index (χ0v) is 13.3. The van der Waals surface area contributed by atoms with E-state index in [0.29, 0.717) is 5.82 Å². The highest BCUT2D eigenvalue weighted by Crippen LogP contribution is 2.29. The number of benzene rings is 1. The summed E-state index contributed by atoms with van der Waals surface area (Å²) in [6, 6.07) is 5.44. The van der Waals surface area contributed by atoms with Crippen LogP contribution in [0.2, 0.25) is 0 Å². The summed E-state index contributed by atoms with van der Waals surface area (Å²) in [5.74, 6) is 0.631. The fourth-order valence-corrected chi connectivity index (χ4v) is 2.61. The van der Waals surface area contributed by atoms with Crippen molar-refractivity contribution in [1.29, 1.82) is 0 Å². The van der Waals surface area contributed by atoms with Gasteiger partial charge in [-0.15, -0.1) is 11.6 Å². The van der Waals surface area contributed by atoms with Gasteiger partial charge in [0.1, 0.15) is 11.9 Å². The number of likely N-dealkylation sites (N-methyl/N-ethyl adjacent to an activating group) is 1. The molecule has 102 valence electrons. The van der Waals surface area contributed by atoms with Crippen LogP contribution in [0, 0.1) is 0 Å². The quantitative estimate of drug-likeness (QED) is 0.867. The van der Waals surface area contributed by atoms with Crippen LogP contribution in [0.3, 0.4) is 0 Å². The SMILES string of the molecule is CNC(=O)C(C)n1c(C(C)Cl)nc2cc(Br)ccc21. The number of hydrogen-bond donors (Lipinski definition) is 1. The average Bonchev–Trinajstić information content (AvgIpc) is 2.75. The predicted octanol–water partition coefficient (Wildman–Crippen LogP) is 3.41. The van der Waals surface area contributed by atoms with Crippen molar-refractivity contribution in [2.75, 3.05) is 7.05 Å². The van der Waals surface area contributed by atoms with E-state index in [-0.39, 0.29) is 17.3 Å². The molecule has 0 aliphatic carbocycles. The summed E-state index contributed by atoms with van der Waals surface area (Å²) in [7, 11) is 1.62. The molecule has 0 fully saturated rings. The van der Waals surface area contributed by atoms with Crippen molar-refractivity contribution < 1.29 is 4.79 Å². The Labute approximate surface area is 125 Å². The minimum atomic E-state index is -0.354. The van der Waals surface area contributed by atoms with E-state index >= 15 is 0 Å². The van der Waals surface area contributed by atoms with Crippen molar-refractivity contribution in [1.82, 2.24) is 14.9 Å². The van der Waals surface area contributed by atoms with E-state index < -0.39 is 0 Å². The second-order valence-electron chi connectivity index (χ2n) is 4.38. The summed E-state index contributed by atoms with van der Waals surface area (Å²) in [6.45, 7) is 3.69. The van der Waals surface area contributed by atoms with Gasteiger partial charge in [-0.1, -0.05) is 15.9 Å². The number of imidazole rings is 1. The number of hydrogen-bond acceptors (Lipinski definition) is 2. The van der Waals surface area contributed by atoms with Crippen LogP contribution in [0.25, 0.3) is 11.0 Å². The Morgan fingerprint density at radius 1 is 1.47 bits per heavy atom. The number of amides is 1. The molecule has 1 aromatic heterocycles. The molecular weight excluding hydrogens is 330 g/mol. The predicted molar refractivity (Wildman–Crippen MR) is 80.5 cm³/mol. The van der Waals surface area contributed by atoms with Gasteiger partial charge in [0.05, 0.1) is 16.4 Å². The zero-order chi connectivity index (χ0) is 14.2. The first kappa shape index (κ1) is 14.3. The van der Waals surface area contributed by atoms with Gasteiger partial charge in [-0.3, -0.25) is 4.79 Å². The highest BCUT2D eigenvalue weighted by Gasteiger charge is 2.22. The number of nitrogens with one attached hydrogen (secondary N) is 1. The number of halogens is 2. The molecule has 1 heterocycles. The number of nitrogens with zero attached hydrogens (tertiary/aromatic N) is 2. The Balaban J connectivity index is 2.68. The fourth-order valence-electron chi connectivity index (χ4n) is 2.10. The molecular formula is C13H15BrClN3O. The number of carbonyl (C=O) groups is 1. The van der Waals surface area contributed by atoms with Crippen molar-refractivity contribution in [3.05, 3.63) is 28.5 Å². The smallest absolute Gasteiger partial charge is 0.242 e. The van der Waals surface area contributed by atoms with Gasteiger partial charge in [0.25, 0.3) is 0 Å². The maximum atomic E-state index is 11.9. The number of alkyl halides is 1. The molecule has 19 heavy (non-hydrogen) atoms. The van der Waals surface area contributed by atoms with Crippen molar-refractivity contribution in [3.8, 4) is 0 Å². The summed E-state index contributed by atoms with van der Waals surface area (Å²) in [4.78, 5) is 16.4. The van der Waals surface area contributed by atoms with Crippen molar-refractivity contribution >= 4 is 44.5 Å². The van der Waals surface area contributed by atoms with E-state index in [1.807, 2.05) is 36.6 Å². The fraction of sp³-hybridized carbons (Fsp3) is 0.385. The van der Waals surface area contributed by atoms with Crippen LogP contribution >= 0.6 is 27.5 Å². The lowest BCUT2D eigenvalue weighted by Crippen LogP contribution is -2.28. The van der Waals surface area contributed by atoms with Crippen LogP contribution in [-0.2, 0) is 4.79 Å². The molecule has 4 nitrogen and oxygen atoms in total. The average molecular weight is 345 g/mol. The Kier molecular flexibility index (Phi) is 4.16. The lowest BCUT2D eigenvalue weighted by atomic mass is 10.2. The Bertz CT molecular complexity index is 624. The summed E-state index contributed by atoms with van der Waals surface area (Å²) in [5.41, 5.74) is 1.73. The molecule has 0 saturated heterocycles. The van der Waals surface area contributed by atoms with E-state index in [2.05, 4.69) is 26.2 Å². The molecule has 2 atom stereocenters. The minimum Gasteiger partial charge on any atom is -0.357 e. The molecule has 0 saturated carbocycles. The normalized spacial score (nSPS) is 14.4. The first-order chi connectivity index (χ1) is 8.95.